The smallest absolute Gasteiger partial charge is 0.130 e. The molecule has 0 radical (unpaired) electrons. The maximum Gasteiger partial charge on any atom is 0.130 e. The summed E-state index contributed by atoms with van der Waals surface area (Å²) in [7, 11) is 0. The fraction of sp³-hybridized carbons (Fsp3) is 0.259. The van der Waals surface area contributed by atoms with Gasteiger partial charge in [0.1, 0.15) is 17.5 Å². The summed E-state index contributed by atoms with van der Waals surface area (Å²) in [6.45, 7) is 6.14. The first-order chi connectivity index (χ1) is 14.9. The van der Waals surface area contributed by atoms with Crippen molar-refractivity contribution in [1.29, 1.82) is 0 Å². The van der Waals surface area contributed by atoms with Gasteiger partial charge in [-0.15, -0.1) is 6.58 Å². The Morgan fingerprint density at radius 3 is 2.19 bits per heavy atom. The number of halogens is 3. The van der Waals surface area contributed by atoms with Gasteiger partial charge in [-0.05, 0) is 65.8 Å². The number of rotatable bonds is 5. The predicted octanol–water partition coefficient (Wildman–Crippen LogP) is 7.32. The maximum atomic E-state index is 14.7. The molecule has 2 atom stereocenters. The number of hydrogen-bond acceptors (Lipinski definition) is 1. The second-order valence-electron chi connectivity index (χ2n) is 8.20. The van der Waals surface area contributed by atoms with Gasteiger partial charge in [0.05, 0.1) is 12.7 Å². The summed E-state index contributed by atoms with van der Waals surface area (Å²) in [4.78, 5) is 0. The summed E-state index contributed by atoms with van der Waals surface area (Å²) < 4.78 is 49.2. The van der Waals surface area contributed by atoms with Crippen molar-refractivity contribution in [2.24, 2.45) is 5.92 Å². The van der Waals surface area contributed by atoms with E-state index in [4.69, 9.17) is 4.74 Å². The van der Waals surface area contributed by atoms with E-state index in [9.17, 15) is 13.2 Å². The molecule has 0 saturated carbocycles. The second kappa shape index (κ2) is 9.11. The van der Waals surface area contributed by atoms with E-state index in [0.717, 1.165) is 24.0 Å². The van der Waals surface area contributed by atoms with Crippen LogP contribution in [0.4, 0.5) is 13.2 Å². The molecule has 0 aromatic heterocycles. The largest absolute Gasteiger partial charge is 0.373 e. The van der Waals surface area contributed by atoms with Crippen LogP contribution in [0.25, 0.3) is 11.1 Å². The Bertz CT molecular complexity index is 1060. The SMILES string of the molecule is C=CC1CCC(c2ccc(-c3cc(F)c(Cc4ccc(C)c(F)c4)c(F)c3)cc2)OC1. The molecule has 1 aliphatic heterocycles. The van der Waals surface area contributed by atoms with Gasteiger partial charge >= 0.3 is 0 Å². The number of benzene rings is 3. The molecule has 0 bridgehead atoms. The lowest BCUT2D eigenvalue weighted by atomic mass is 9.93. The van der Waals surface area contributed by atoms with Crippen LogP contribution in [0, 0.1) is 30.3 Å². The fourth-order valence-electron chi connectivity index (χ4n) is 4.00. The summed E-state index contributed by atoms with van der Waals surface area (Å²) in [5.74, 6) is -1.24. The van der Waals surface area contributed by atoms with Crippen LogP contribution in [0.15, 0.2) is 67.3 Å². The highest BCUT2D eigenvalue weighted by molar-refractivity contribution is 5.64. The molecule has 3 aromatic carbocycles. The highest BCUT2D eigenvalue weighted by Gasteiger charge is 2.21. The summed E-state index contributed by atoms with van der Waals surface area (Å²) >= 11 is 0. The van der Waals surface area contributed by atoms with Crippen molar-refractivity contribution in [3.63, 3.8) is 0 Å². The standard InChI is InChI=1S/C27H25F3O/c1-3-18-6-11-27(31-16-18)21-9-7-20(8-10-21)22-14-25(29)23(26(30)15-22)12-19-5-4-17(2)24(28)13-19/h3-5,7-10,13-15,18,27H,1,6,11-12,16H2,2H3. The zero-order valence-corrected chi connectivity index (χ0v) is 17.5. The minimum absolute atomic E-state index is 0.00118. The van der Waals surface area contributed by atoms with E-state index in [1.165, 1.54) is 18.2 Å². The Labute approximate surface area is 181 Å². The van der Waals surface area contributed by atoms with Crippen molar-refractivity contribution in [2.45, 2.75) is 32.3 Å². The van der Waals surface area contributed by atoms with E-state index in [2.05, 4.69) is 6.58 Å². The molecule has 1 aliphatic rings. The minimum atomic E-state index is -0.633. The third kappa shape index (κ3) is 4.75. The third-order valence-corrected chi connectivity index (χ3v) is 6.02. The van der Waals surface area contributed by atoms with Gasteiger partial charge < -0.3 is 4.74 Å². The van der Waals surface area contributed by atoms with Gasteiger partial charge in [0.15, 0.2) is 0 Å². The van der Waals surface area contributed by atoms with E-state index >= 15 is 0 Å². The molecule has 1 fully saturated rings. The summed E-state index contributed by atoms with van der Waals surface area (Å²) in [6, 6.07) is 14.9. The topological polar surface area (TPSA) is 9.23 Å². The van der Waals surface area contributed by atoms with Gasteiger partial charge in [-0.1, -0.05) is 42.5 Å². The molecular formula is C27H25F3O. The molecule has 1 saturated heterocycles. The van der Waals surface area contributed by atoms with Crippen LogP contribution in [-0.4, -0.2) is 6.61 Å². The minimum Gasteiger partial charge on any atom is -0.373 e. The second-order valence-corrected chi connectivity index (χ2v) is 8.20. The molecule has 0 aliphatic carbocycles. The number of ether oxygens (including phenoxy) is 1. The monoisotopic (exact) mass is 422 g/mol. The van der Waals surface area contributed by atoms with E-state index in [1.807, 2.05) is 30.3 Å². The molecule has 160 valence electrons. The van der Waals surface area contributed by atoms with E-state index in [1.54, 1.807) is 19.1 Å². The van der Waals surface area contributed by atoms with Crippen LogP contribution >= 0.6 is 0 Å². The van der Waals surface area contributed by atoms with Crippen molar-refractivity contribution in [3.05, 3.63) is 107 Å². The Kier molecular flexibility index (Phi) is 6.28. The fourth-order valence-corrected chi connectivity index (χ4v) is 4.00. The third-order valence-electron chi connectivity index (χ3n) is 6.02. The van der Waals surface area contributed by atoms with Crippen LogP contribution in [0.3, 0.4) is 0 Å². The van der Waals surface area contributed by atoms with Crippen LogP contribution in [0.5, 0.6) is 0 Å². The number of aryl methyl sites for hydroxylation is 1. The first kappa shape index (κ1) is 21.4. The average molecular weight is 422 g/mol. The first-order valence-corrected chi connectivity index (χ1v) is 10.5. The van der Waals surface area contributed by atoms with E-state index in [0.29, 0.717) is 29.2 Å². The van der Waals surface area contributed by atoms with E-state index in [-0.39, 0.29) is 23.9 Å². The summed E-state index contributed by atoms with van der Waals surface area (Å²) in [5.41, 5.74) is 3.24. The summed E-state index contributed by atoms with van der Waals surface area (Å²) in [6.07, 6.45) is 3.93. The van der Waals surface area contributed by atoms with Crippen LogP contribution in [-0.2, 0) is 11.2 Å². The molecule has 1 heterocycles. The van der Waals surface area contributed by atoms with Gasteiger partial charge in [-0.3, -0.25) is 0 Å². The van der Waals surface area contributed by atoms with Crippen molar-refractivity contribution >= 4 is 0 Å². The summed E-state index contributed by atoms with van der Waals surface area (Å²) in [5, 5.41) is 0. The van der Waals surface area contributed by atoms with Gasteiger partial charge in [-0.2, -0.15) is 0 Å². The number of hydrogen-bond donors (Lipinski definition) is 0. The van der Waals surface area contributed by atoms with Gasteiger partial charge in [-0.25, -0.2) is 13.2 Å². The first-order valence-electron chi connectivity index (χ1n) is 10.5. The quantitative estimate of drug-likeness (QED) is 0.391. The lowest BCUT2D eigenvalue weighted by Gasteiger charge is -2.27. The van der Waals surface area contributed by atoms with Crippen molar-refractivity contribution in [1.82, 2.24) is 0 Å². The highest BCUT2D eigenvalue weighted by atomic mass is 19.1. The van der Waals surface area contributed by atoms with Crippen molar-refractivity contribution < 1.29 is 17.9 Å². The van der Waals surface area contributed by atoms with Crippen molar-refractivity contribution in [3.8, 4) is 11.1 Å². The Morgan fingerprint density at radius 1 is 0.903 bits per heavy atom. The normalized spacial score (nSPS) is 18.7. The van der Waals surface area contributed by atoms with Crippen LogP contribution in [0.1, 0.15) is 41.2 Å². The van der Waals surface area contributed by atoms with Crippen molar-refractivity contribution in [2.75, 3.05) is 6.61 Å². The molecule has 0 N–H and O–H groups in total. The molecule has 2 unspecified atom stereocenters. The van der Waals surface area contributed by atoms with Gasteiger partial charge in [0.25, 0.3) is 0 Å². The zero-order valence-electron chi connectivity index (χ0n) is 17.5. The Morgan fingerprint density at radius 2 is 1.61 bits per heavy atom. The van der Waals surface area contributed by atoms with Crippen LogP contribution < -0.4 is 0 Å². The Balaban J connectivity index is 1.52. The van der Waals surface area contributed by atoms with E-state index < -0.39 is 11.6 Å². The van der Waals surface area contributed by atoms with Gasteiger partial charge in [0.2, 0.25) is 0 Å². The molecule has 4 heteroatoms. The lowest BCUT2D eigenvalue weighted by Crippen LogP contribution is -2.19. The highest BCUT2D eigenvalue weighted by Crippen LogP contribution is 2.33. The molecule has 4 rings (SSSR count). The molecule has 3 aromatic rings. The van der Waals surface area contributed by atoms with Crippen LogP contribution in [0.2, 0.25) is 0 Å². The molecule has 1 nitrogen and oxygen atoms in total. The lowest BCUT2D eigenvalue weighted by molar-refractivity contribution is -0.00513. The average Bonchev–Trinajstić information content (AvgIpc) is 2.78. The molecular weight excluding hydrogens is 397 g/mol. The van der Waals surface area contributed by atoms with Gasteiger partial charge in [0, 0.05) is 17.9 Å². The predicted molar refractivity (Wildman–Crippen MR) is 117 cm³/mol. The maximum absolute atomic E-state index is 14.7. The zero-order chi connectivity index (χ0) is 22.0. The molecule has 31 heavy (non-hydrogen) atoms. The molecule has 0 spiro atoms. The molecule has 0 amide bonds. The Hall–Kier alpha value is -2.85.